The van der Waals surface area contributed by atoms with Gasteiger partial charge in [0, 0.05) is 5.02 Å². The van der Waals surface area contributed by atoms with Crippen molar-refractivity contribution in [2.24, 2.45) is 0 Å². The molecule has 0 saturated heterocycles. The molecule has 0 aliphatic heterocycles. The van der Waals surface area contributed by atoms with Gasteiger partial charge < -0.3 is 14.8 Å². The van der Waals surface area contributed by atoms with E-state index < -0.39 is 6.10 Å². The highest BCUT2D eigenvalue weighted by atomic mass is 35.5. The maximum absolute atomic E-state index is 12.3. The number of halogens is 1. The number of hydrogen-bond donors (Lipinski definition) is 1. The van der Waals surface area contributed by atoms with Gasteiger partial charge in [-0.25, -0.2) is 0 Å². The van der Waals surface area contributed by atoms with Crippen molar-refractivity contribution < 1.29 is 14.3 Å². The van der Waals surface area contributed by atoms with Crippen LogP contribution in [0.15, 0.2) is 66.7 Å². The van der Waals surface area contributed by atoms with Crippen LogP contribution >= 0.6 is 11.6 Å². The van der Waals surface area contributed by atoms with Crippen molar-refractivity contribution in [2.75, 3.05) is 13.2 Å². The number of carbonyl (C=O) groups excluding carboxylic acids is 1. The molecule has 0 spiro atoms. The van der Waals surface area contributed by atoms with Crippen LogP contribution in [0.2, 0.25) is 5.02 Å². The molecule has 0 aliphatic carbocycles. The van der Waals surface area contributed by atoms with Crippen molar-refractivity contribution in [3.63, 3.8) is 0 Å². The summed E-state index contributed by atoms with van der Waals surface area (Å²) in [7, 11) is 0. The lowest BCUT2D eigenvalue weighted by Crippen LogP contribution is -2.39. The van der Waals surface area contributed by atoms with E-state index in [1.54, 1.807) is 24.3 Å². The molecule has 0 aromatic heterocycles. The minimum Gasteiger partial charge on any atom is -0.492 e. The molecule has 3 aromatic carbocycles. The molecule has 0 bridgehead atoms. The molecule has 0 unspecified atom stereocenters. The quantitative estimate of drug-likeness (QED) is 0.566. The lowest BCUT2D eigenvalue weighted by molar-refractivity contribution is -0.128. The van der Waals surface area contributed by atoms with Crippen LogP contribution in [0.3, 0.4) is 0 Å². The molecule has 1 atom stereocenters. The van der Waals surface area contributed by atoms with Gasteiger partial charge in [-0.2, -0.15) is 0 Å². The fourth-order valence-corrected chi connectivity index (χ4v) is 2.84. The van der Waals surface area contributed by atoms with Crippen LogP contribution in [0.25, 0.3) is 10.8 Å². The third-order valence-electron chi connectivity index (χ3n) is 4.15. The summed E-state index contributed by atoms with van der Waals surface area (Å²) in [6.45, 7) is 2.71. The van der Waals surface area contributed by atoms with Gasteiger partial charge in [0.2, 0.25) is 0 Å². The van der Waals surface area contributed by atoms with E-state index in [-0.39, 0.29) is 5.91 Å². The number of ether oxygens (including phenoxy) is 2. The molecule has 0 saturated carbocycles. The van der Waals surface area contributed by atoms with Crippen molar-refractivity contribution in [3.8, 4) is 11.5 Å². The van der Waals surface area contributed by atoms with Gasteiger partial charge in [0.25, 0.3) is 5.91 Å². The van der Waals surface area contributed by atoms with Gasteiger partial charge in [-0.1, -0.05) is 48.9 Å². The molecule has 140 valence electrons. The van der Waals surface area contributed by atoms with Crippen LogP contribution in [0.5, 0.6) is 11.5 Å². The van der Waals surface area contributed by atoms with Crippen molar-refractivity contribution in [3.05, 3.63) is 71.8 Å². The number of nitrogens with one attached hydrogen (secondary N) is 1. The summed E-state index contributed by atoms with van der Waals surface area (Å²) in [6, 6.07) is 21.0. The minimum absolute atomic E-state index is 0.158. The molecular weight excluding hydrogens is 362 g/mol. The van der Waals surface area contributed by atoms with Crippen LogP contribution in [0, 0.1) is 0 Å². The van der Waals surface area contributed by atoms with Crippen molar-refractivity contribution in [1.29, 1.82) is 0 Å². The lowest BCUT2D eigenvalue weighted by Gasteiger charge is -2.17. The largest absolute Gasteiger partial charge is 0.492 e. The first-order chi connectivity index (χ1) is 13.2. The lowest BCUT2D eigenvalue weighted by atomic mass is 10.1. The standard InChI is InChI=1S/C22H22ClNO3/c1-2-21(27-19-11-8-18(23)9-12-19)22(25)24-13-14-26-20-10-7-16-5-3-4-6-17(16)15-20/h3-12,15,21H,2,13-14H2,1H3,(H,24,25)/t21-/m1/s1. The molecule has 1 N–H and O–H groups in total. The fourth-order valence-electron chi connectivity index (χ4n) is 2.71. The Hall–Kier alpha value is -2.72. The molecular formula is C22H22ClNO3. The van der Waals surface area contributed by atoms with E-state index in [1.807, 2.05) is 43.3 Å². The van der Waals surface area contributed by atoms with Crippen LogP contribution < -0.4 is 14.8 Å². The number of fused-ring (bicyclic) bond motifs is 1. The third kappa shape index (κ3) is 5.38. The minimum atomic E-state index is -0.549. The Morgan fingerprint density at radius 1 is 1.00 bits per heavy atom. The Kier molecular flexibility index (Phi) is 6.55. The second-order valence-corrected chi connectivity index (χ2v) is 6.55. The van der Waals surface area contributed by atoms with Crippen LogP contribution in [-0.4, -0.2) is 25.2 Å². The Morgan fingerprint density at radius 2 is 1.70 bits per heavy atom. The SMILES string of the molecule is CC[C@@H](Oc1ccc(Cl)cc1)C(=O)NCCOc1ccc2ccccc2c1. The summed E-state index contributed by atoms with van der Waals surface area (Å²) in [5.41, 5.74) is 0. The zero-order valence-corrected chi connectivity index (χ0v) is 15.9. The monoisotopic (exact) mass is 383 g/mol. The predicted molar refractivity (Wildman–Crippen MR) is 109 cm³/mol. The molecule has 4 nitrogen and oxygen atoms in total. The third-order valence-corrected chi connectivity index (χ3v) is 4.40. The molecule has 3 aromatic rings. The van der Waals surface area contributed by atoms with Gasteiger partial charge in [0.1, 0.15) is 18.1 Å². The van der Waals surface area contributed by atoms with E-state index in [0.717, 1.165) is 11.1 Å². The Morgan fingerprint density at radius 3 is 2.44 bits per heavy atom. The maximum atomic E-state index is 12.3. The van der Waals surface area contributed by atoms with E-state index in [9.17, 15) is 4.79 Å². The second-order valence-electron chi connectivity index (χ2n) is 6.12. The number of rotatable bonds is 8. The first-order valence-electron chi connectivity index (χ1n) is 8.97. The van der Waals surface area contributed by atoms with Crippen LogP contribution in [0.4, 0.5) is 0 Å². The second kappa shape index (κ2) is 9.28. The Balaban J connectivity index is 1.46. The number of carbonyl (C=O) groups is 1. The summed E-state index contributed by atoms with van der Waals surface area (Å²) < 4.78 is 11.5. The molecule has 0 fully saturated rings. The summed E-state index contributed by atoms with van der Waals surface area (Å²) in [4.78, 5) is 12.3. The average molecular weight is 384 g/mol. The highest BCUT2D eigenvalue weighted by Crippen LogP contribution is 2.20. The molecule has 0 radical (unpaired) electrons. The van der Waals surface area contributed by atoms with E-state index in [1.165, 1.54) is 5.39 Å². The number of amides is 1. The van der Waals surface area contributed by atoms with Crippen LogP contribution in [0.1, 0.15) is 13.3 Å². The van der Waals surface area contributed by atoms with E-state index in [2.05, 4.69) is 11.4 Å². The van der Waals surface area contributed by atoms with Crippen molar-refractivity contribution in [2.45, 2.75) is 19.4 Å². The predicted octanol–water partition coefficient (Wildman–Crippen LogP) is 4.85. The van der Waals surface area contributed by atoms with Crippen LogP contribution in [-0.2, 0) is 4.79 Å². The number of benzene rings is 3. The summed E-state index contributed by atoms with van der Waals surface area (Å²) in [6.07, 6.45) is 0.0202. The van der Waals surface area contributed by atoms with Gasteiger partial charge in [-0.3, -0.25) is 4.79 Å². The zero-order valence-electron chi connectivity index (χ0n) is 15.2. The molecule has 5 heteroatoms. The smallest absolute Gasteiger partial charge is 0.261 e. The highest BCUT2D eigenvalue weighted by Gasteiger charge is 2.17. The Labute approximate surface area is 164 Å². The van der Waals surface area contributed by atoms with Gasteiger partial charge in [-0.05, 0) is 53.6 Å². The van der Waals surface area contributed by atoms with Gasteiger partial charge in [0.05, 0.1) is 6.54 Å². The van der Waals surface area contributed by atoms with Gasteiger partial charge in [0.15, 0.2) is 6.10 Å². The van der Waals surface area contributed by atoms with Crippen molar-refractivity contribution >= 4 is 28.3 Å². The molecule has 27 heavy (non-hydrogen) atoms. The normalized spacial score (nSPS) is 11.8. The van der Waals surface area contributed by atoms with Gasteiger partial charge in [-0.15, -0.1) is 0 Å². The Bertz CT molecular complexity index is 895. The highest BCUT2D eigenvalue weighted by molar-refractivity contribution is 6.30. The van der Waals surface area contributed by atoms with Crippen molar-refractivity contribution in [1.82, 2.24) is 5.32 Å². The summed E-state index contributed by atoms with van der Waals surface area (Å²) in [5, 5.41) is 5.78. The summed E-state index contributed by atoms with van der Waals surface area (Å²) in [5.74, 6) is 1.25. The molecule has 0 aliphatic rings. The first-order valence-corrected chi connectivity index (χ1v) is 9.35. The molecule has 3 rings (SSSR count). The van der Waals surface area contributed by atoms with Gasteiger partial charge >= 0.3 is 0 Å². The number of hydrogen-bond acceptors (Lipinski definition) is 3. The topological polar surface area (TPSA) is 47.6 Å². The summed E-state index contributed by atoms with van der Waals surface area (Å²) >= 11 is 5.86. The zero-order chi connectivity index (χ0) is 19.1. The average Bonchev–Trinajstić information content (AvgIpc) is 2.70. The molecule has 0 heterocycles. The first kappa shape index (κ1) is 19.1. The maximum Gasteiger partial charge on any atom is 0.261 e. The van der Waals surface area contributed by atoms with E-state index >= 15 is 0 Å². The van der Waals surface area contributed by atoms with E-state index in [0.29, 0.717) is 30.3 Å². The van der Waals surface area contributed by atoms with E-state index in [4.69, 9.17) is 21.1 Å². The fraction of sp³-hybridized carbons (Fsp3) is 0.227. The molecule has 1 amide bonds.